The van der Waals surface area contributed by atoms with Gasteiger partial charge in [-0.1, -0.05) is 6.92 Å². The third-order valence-electron chi connectivity index (χ3n) is 3.95. The third kappa shape index (κ3) is 4.66. The van der Waals surface area contributed by atoms with Crippen LogP contribution in [-0.4, -0.2) is 69.6 Å². The molecule has 0 aliphatic carbocycles. The van der Waals surface area contributed by atoms with Gasteiger partial charge in [0.25, 0.3) is 10.2 Å². The number of ether oxygens (including phenoxy) is 1. The highest BCUT2D eigenvalue weighted by atomic mass is 32.2. The molecule has 2 unspecified atom stereocenters. The number of hydrogen-bond acceptors (Lipinski definition) is 4. The lowest BCUT2D eigenvalue weighted by molar-refractivity contribution is 0.0353. The van der Waals surface area contributed by atoms with Gasteiger partial charge in [0.1, 0.15) is 0 Å². The number of piperidine rings is 1. The van der Waals surface area contributed by atoms with E-state index in [-0.39, 0.29) is 6.04 Å². The second-order valence-corrected chi connectivity index (χ2v) is 7.74. The Morgan fingerprint density at radius 3 is 2.65 bits per heavy atom. The molecule has 2 fully saturated rings. The topological polar surface area (TPSA) is 61.9 Å². The highest BCUT2D eigenvalue weighted by Gasteiger charge is 2.28. The van der Waals surface area contributed by atoms with Crippen molar-refractivity contribution in [2.45, 2.75) is 32.7 Å². The number of morpholine rings is 1. The molecule has 0 spiro atoms. The Labute approximate surface area is 122 Å². The lowest BCUT2D eigenvalue weighted by Crippen LogP contribution is -2.51. The van der Waals surface area contributed by atoms with Crippen molar-refractivity contribution in [1.29, 1.82) is 0 Å². The summed E-state index contributed by atoms with van der Waals surface area (Å²) in [5.41, 5.74) is 0. The molecule has 2 atom stereocenters. The molecule has 0 amide bonds. The normalized spacial score (nSPS) is 28.4. The van der Waals surface area contributed by atoms with Crippen LogP contribution in [0.25, 0.3) is 0 Å². The van der Waals surface area contributed by atoms with E-state index in [1.165, 1.54) is 0 Å². The van der Waals surface area contributed by atoms with Crippen LogP contribution >= 0.6 is 0 Å². The highest BCUT2D eigenvalue weighted by Crippen LogP contribution is 2.17. The first kappa shape index (κ1) is 16.2. The zero-order valence-electron chi connectivity index (χ0n) is 12.5. The number of hydrogen-bond donors (Lipinski definition) is 1. The predicted octanol–water partition coefficient (Wildman–Crippen LogP) is 0.273. The van der Waals surface area contributed by atoms with Gasteiger partial charge in [0, 0.05) is 38.8 Å². The molecule has 2 rings (SSSR count). The number of nitrogens with zero attached hydrogens (tertiary/aromatic N) is 2. The minimum Gasteiger partial charge on any atom is -0.379 e. The van der Waals surface area contributed by atoms with Crippen LogP contribution in [0.1, 0.15) is 26.7 Å². The van der Waals surface area contributed by atoms with Crippen molar-refractivity contribution in [3.05, 3.63) is 0 Å². The molecule has 0 aromatic rings. The predicted molar refractivity (Wildman–Crippen MR) is 78.7 cm³/mol. The standard InChI is InChI=1S/C13H27N3O3S/c1-12-4-3-5-16(10-12)20(17,18)14-13(2)11-15-6-8-19-9-7-15/h12-14H,3-11H2,1-2H3. The second kappa shape index (κ2) is 7.17. The number of rotatable bonds is 5. The van der Waals surface area contributed by atoms with Gasteiger partial charge in [-0.3, -0.25) is 4.90 Å². The van der Waals surface area contributed by atoms with E-state index in [9.17, 15) is 8.42 Å². The summed E-state index contributed by atoms with van der Waals surface area (Å²) in [5.74, 6) is 0.454. The van der Waals surface area contributed by atoms with Crippen molar-refractivity contribution < 1.29 is 13.2 Å². The van der Waals surface area contributed by atoms with Crippen LogP contribution in [0.2, 0.25) is 0 Å². The summed E-state index contributed by atoms with van der Waals surface area (Å²) in [6, 6.07) is -0.0738. The van der Waals surface area contributed by atoms with Gasteiger partial charge in [-0.25, -0.2) is 0 Å². The Bertz CT molecular complexity index is 396. The van der Waals surface area contributed by atoms with E-state index in [1.54, 1.807) is 4.31 Å². The summed E-state index contributed by atoms with van der Waals surface area (Å²) in [6.45, 7) is 9.31. The zero-order valence-corrected chi connectivity index (χ0v) is 13.4. The largest absolute Gasteiger partial charge is 0.379 e. The van der Waals surface area contributed by atoms with Gasteiger partial charge in [-0.05, 0) is 25.7 Å². The fraction of sp³-hybridized carbons (Fsp3) is 1.00. The summed E-state index contributed by atoms with van der Waals surface area (Å²) in [4.78, 5) is 2.25. The van der Waals surface area contributed by atoms with Crippen molar-refractivity contribution in [2.75, 3.05) is 45.9 Å². The van der Waals surface area contributed by atoms with Crippen LogP contribution in [0.5, 0.6) is 0 Å². The van der Waals surface area contributed by atoms with Crippen molar-refractivity contribution in [3.8, 4) is 0 Å². The Hall–Kier alpha value is -0.210. The summed E-state index contributed by atoms with van der Waals surface area (Å²) < 4.78 is 34.4. The summed E-state index contributed by atoms with van der Waals surface area (Å²) in [7, 11) is -3.34. The van der Waals surface area contributed by atoms with E-state index >= 15 is 0 Å². The maximum Gasteiger partial charge on any atom is 0.279 e. The zero-order chi connectivity index (χ0) is 14.6. The van der Waals surface area contributed by atoms with Crippen LogP contribution in [0.3, 0.4) is 0 Å². The lowest BCUT2D eigenvalue weighted by atomic mass is 10.0. The van der Waals surface area contributed by atoms with Gasteiger partial charge in [0.15, 0.2) is 0 Å². The van der Waals surface area contributed by atoms with Crippen LogP contribution in [0.15, 0.2) is 0 Å². The van der Waals surface area contributed by atoms with E-state index in [0.717, 1.165) is 45.7 Å². The Morgan fingerprint density at radius 2 is 2.00 bits per heavy atom. The molecule has 118 valence electrons. The first-order chi connectivity index (χ1) is 9.47. The summed E-state index contributed by atoms with van der Waals surface area (Å²) >= 11 is 0. The second-order valence-electron chi connectivity index (χ2n) is 6.04. The smallest absolute Gasteiger partial charge is 0.279 e. The first-order valence-electron chi connectivity index (χ1n) is 7.55. The molecular formula is C13H27N3O3S. The Morgan fingerprint density at radius 1 is 1.30 bits per heavy atom. The molecule has 0 aromatic heterocycles. The SMILES string of the molecule is CC1CCCN(S(=O)(=O)NC(C)CN2CCOCC2)C1. The minimum absolute atomic E-state index is 0.0738. The lowest BCUT2D eigenvalue weighted by Gasteiger charge is -2.33. The van der Waals surface area contributed by atoms with Gasteiger partial charge < -0.3 is 4.74 Å². The van der Waals surface area contributed by atoms with Gasteiger partial charge in [-0.2, -0.15) is 17.4 Å². The molecule has 2 aliphatic heterocycles. The highest BCUT2D eigenvalue weighted by molar-refractivity contribution is 7.87. The molecule has 2 heterocycles. The molecule has 0 saturated carbocycles. The van der Waals surface area contributed by atoms with Gasteiger partial charge in [0.05, 0.1) is 13.2 Å². The average Bonchev–Trinajstić information content (AvgIpc) is 2.39. The molecule has 0 radical (unpaired) electrons. The molecule has 7 heteroatoms. The van der Waals surface area contributed by atoms with Crippen molar-refractivity contribution in [3.63, 3.8) is 0 Å². The van der Waals surface area contributed by atoms with Gasteiger partial charge >= 0.3 is 0 Å². The Balaban J connectivity index is 1.83. The monoisotopic (exact) mass is 305 g/mol. The van der Waals surface area contributed by atoms with E-state index in [1.807, 2.05) is 6.92 Å². The van der Waals surface area contributed by atoms with Gasteiger partial charge in [0.2, 0.25) is 0 Å². The number of nitrogens with one attached hydrogen (secondary N) is 1. The molecule has 2 saturated heterocycles. The quantitative estimate of drug-likeness (QED) is 0.792. The van der Waals surface area contributed by atoms with Crippen molar-refractivity contribution >= 4 is 10.2 Å². The molecule has 1 N–H and O–H groups in total. The van der Waals surface area contributed by atoms with E-state index < -0.39 is 10.2 Å². The molecule has 0 bridgehead atoms. The molecule has 0 aromatic carbocycles. The van der Waals surface area contributed by atoms with Crippen molar-refractivity contribution in [2.24, 2.45) is 5.92 Å². The summed E-state index contributed by atoms with van der Waals surface area (Å²) in [5, 5.41) is 0. The molecular weight excluding hydrogens is 278 g/mol. The average molecular weight is 305 g/mol. The maximum atomic E-state index is 12.4. The van der Waals surface area contributed by atoms with Gasteiger partial charge in [-0.15, -0.1) is 0 Å². The maximum absolute atomic E-state index is 12.4. The fourth-order valence-corrected chi connectivity index (χ4v) is 4.45. The molecule has 2 aliphatic rings. The first-order valence-corrected chi connectivity index (χ1v) is 8.99. The van der Waals surface area contributed by atoms with E-state index in [0.29, 0.717) is 19.0 Å². The van der Waals surface area contributed by atoms with Crippen LogP contribution < -0.4 is 4.72 Å². The fourth-order valence-electron chi connectivity index (χ4n) is 2.90. The summed E-state index contributed by atoms with van der Waals surface area (Å²) in [6.07, 6.45) is 2.08. The van der Waals surface area contributed by atoms with Crippen molar-refractivity contribution in [1.82, 2.24) is 13.9 Å². The molecule has 20 heavy (non-hydrogen) atoms. The third-order valence-corrected chi connectivity index (χ3v) is 5.66. The van der Waals surface area contributed by atoms with Crippen LogP contribution in [-0.2, 0) is 14.9 Å². The Kier molecular flexibility index (Phi) is 5.80. The van der Waals surface area contributed by atoms with E-state index in [2.05, 4.69) is 16.5 Å². The minimum atomic E-state index is -3.34. The van der Waals surface area contributed by atoms with E-state index in [4.69, 9.17) is 4.74 Å². The van der Waals surface area contributed by atoms with Crippen LogP contribution in [0, 0.1) is 5.92 Å². The molecule has 6 nitrogen and oxygen atoms in total. The van der Waals surface area contributed by atoms with Crippen LogP contribution in [0.4, 0.5) is 0 Å².